The van der Waals surface area contributed by atoms with Crippen LogP contribution >= 0.6 is 0 Å². The number of nitrogens with one attached hydrogen (secondary N) is 1. The second-order valence-corrected chi connectivity index (χ2v) is 12.7. The molecule has 0 spiro atoms. The molecule has 1 aliphatic rings. The molecule has 1 aliphatic heterocycles. The van der Waals surface area contributed by atoms with E-state index in [-0.39, 0.29) is 29.5 Å². The minimum Gasteiger partial charge on any atom is -0.495 e. The molecule has 1 N–H and O–H groups in total. The normalized spacial score (nSPS) is 13.9. The minimum absolute atomic E-state index is 0.0530. The molecule has 0 amide bonds. The van der Waals surface area contributed by atoms with Crippen molar-refractivity contribution in [2.24, 2.45) is 0 Å². The number of non-ortho nitro benzene ring substituents is 1. The number of para-hydroxylation sites is 2. The number of rotatable bonds is 13. The highest BCUT2D eigenvalue weighted by atomic mass is 32.2. The molecule has 0 aromatic heterocycles. The van der Waals surface area contributed by atoms with Gasteiger partial charge < -0.3 is 18.0 Å². The van der Waals surface area contributed by atoms with E-state index < -0.39 is 43.2 Å². The van der Waals surface area contributed by atoms with E-state index in [2.05, 4.69) is 18.2 Å². The molecule has 19 heteroatoms. The van der Waals surface area contributed by atoms with Crippen molar-refractivity contribution in [2.45, 2.75) is 6.42 Å². The fourth-order valence-corrected chi connectivity index (χ4v) is 6.45. The fourth-order valence-electron chi connectivity index (χ4n) is 4.63. The van der Waals surface area contributed by atoms with Crippen LogP contribution in [0.2, 0.25) is 0 Å². The van der Waals surface area contributed by atoms with E-state index in [1.54, 1.807) is 12.1 Å². The van der Waals surface area contributed by atoms with Crippen molar-refractivity contribution in [2.75, 3.05) is 55.6 Å². The van der Waals surface area contributed by atoms with E-state index in [1.807, 2.05) is 4.72 Å². The Morgan fingerprint density at radius 3 is 2.26 bits per heavy atom. The maximum Gasteiger partial charge on any atom is 0.435 e. The van der Waals surface area contributed by atoms with Gasteiger partial charge in [0.15, 0.2) is 0 Å². The number of carbonyl (C=O) groups is 2. The first-order valence-corrected chi connectivity index (χ1v) is 16.7. The summed E-state index contributed by atoms with van der Waals surface area (Å²) in [6.45, 7) is 3.01. The number of piperazine rings is 1. The summed E-state index contributed by atoms with van der Waals surface area (Å²) in [4.78, 5) is 39.5. The second-order valence-electron chi connectivity index (χ2n) is 9.92. The molecule has 16 nitrogen and oxygen atoms in total. The maximum atomic E-state index is 13.3. The molecule has 0 saturated carbocycles. The summed E-state index contributed by atoms with van der Waals surface area (Å²) < 4.78 is 80.5. The quantitative estimate of drug-likeness (QED) is 0.119. The minimum atomic E-state index is -5.32. The molecule has 3 aromatic rings. The average Bonchev–Trinajstić information content (AvgIpc) is 3.03. The molecule has 0 atom stereocenters. The number of ether oxygens (including phenoxy) is 1. The van der Waals surface area contributed by atoms with Gasteiger partial charge in [0.2, 0.25) is 0 Å². The van der Waals surface area contributed by atoms with Crippen LogP contribution in [0, 0.1) is 15.9 Å². The van der Waals surface area contributed by atoms with Crippen LogP contribution in [0.25, 0.3) is 0 Å². The number of benzene rings is 3. The van der Waals surface area contributed by atoms with Gasteiger partial charge in [-0.2, -0.15) is 21.6 Å². The van der Waals surface area contributed by atoms with Gasteiger partial charge in [0, 0.05) is 50.5 Å². The summed E-state index contributed by atoms with van der Waals surface area (Å²) in [7, 11) is -8.95. The standard InChI is InChI=1S/C28H30FN5O11S2/c1-43-26-9-3-2-8-25(26)33(23-6-4-7-24(20-23)34(37)38)47(41,42)45-28(36)27(35)44-46(39,40)30-14-5-15-31-16-18-32(19-17-31)22-12-10-21(29)11-13-22/h2-4,6-13,20,30H,5,14-19H2,1H3. The highest BCUT2D eigenvalue weighted by molar-refractivity contribution is 7.89. The van der Waals surface area contributed by atoms with Crippen molar-refractivity contribution in [3.8, 4) is 5.75 Å². The third kappa shape index (κ3) is 9.35. The van der Waals surface area contributed by atoms with Gasteiger partial charge in [-0.3, -0.25) is 15.0 Å². The van der Waals surface area contributed by atoms with Crippen molar-refractivity contribution in [1.82, 2.24) is 9.62 Å². The summed E-state index contributed by atoms with van der Waals surface area (Å²) in [5.74, 6) is -4.73. The number of hydrogen-bond donors (Lipinski definition) is 1. The number of hydrogen-bond acceptors (Lipinski definition) is 13. The first kappa shape index (κ1) is 35.0. The Kier molecular flexibility index (Phi) is 11.3. The Hall–Kier alpha value is -4.85. The molecule has 252 valence electrons. The predicted molar refractivity (Wildman–Crippen MR) is 166 cm³/mol. The van der Waals surface area contributed by atoms with Gasteiger partial charge in [-0.1, -0.05) is 18.2 Å². The summed E-state index contributed by atoms with van der Waals surface area (Å²) >= 11 is 0. The zero-order valence-electron chi connectivity index (χ0n) is 24.9. The largest absolute Gasteiger partial charge is 0.495 e. The zero-order chi connectivity index (χ0) is 34.2. The van der Waals surface area contributed by atoms with Crippen molar-refractivity contribution in [3.63, 3.8) is 0 Å². The molecule has 0 aliphatic carbocycles. The van der Waals surface area contributed by atoms with Crippen LogP contribution in [0.4, 0.5) is 27.1 Å². The van der Waals surface area contributed by atoms with Crippen LogP contribution in [0.3, 0.4) is 0 Å². The Morgan fingerprint density at radius 1 is 0.936 bits per heavy atom. The van der Waals surface area contributed by atoms with Crippen LogP contribution in [-0.4, -0.2) is 85.0 Å². The van der Waals surface area contributed by atoms with Crippen molar-refractivity contribution in [1.29, 1.82) is 0 Å². The van der Waals surface area contributed by atoms with Gasteiger partial charge in [0.05, 0.1) is 17.7 Å². The smallest absolute Gasteiger partial charge is 0.435 e. The lowest BCUT2D eigenvalue weighted by Gasteiger charge is -2.36. The molecule has 0 bridgehead atoms. The molecular weight excluding hydrogens is 665 g/mol. The highest BCUT2D eigenvalue weighted by Crippen LogP contribution is 2.37. The Balaban J connectivity index is 1.33. The lowest BCUT2D eigenvalue weighted by molar-refractivity contribution is -0.384. The van der Waals surface area contributed by atoms with Gasteiger partial charge in [0.1, 0.15) is 17.3 Å². The molecule has 0 unspecified atom stereocenters. The molecule has 3 aromatic carbocycles. The fraction of sp³-hybridized carbons (Fsp3) is 0.286. The molecular formula is C28H30FN5O11S2. The van der Waals surface area contributed by atoms with Gasteiger partial charge >= 0.3 is 32.5 Å². The van der Waals surface area contributed by atoms with E-state index in [9.17, 15) is 40.9 Å². The van der Waals surface area contributed by atoms with Gasteiger partial charge in [-0.25, -0.2) is 18.3 Å². The van der Waals surface area contributed by atoms with E-state index in [1.165, 1.54) is 49.6 Å². The Bertz CT molecular complexity index is 1820. The predicted octanol–water partition coefficient (Wildman–Crippen LogP) is 2.26. The summed E-state index contributed by atoms with van der Waals surface area (Å²) in [6, 6.07) is 15.9. The summed E-state index contributed by atoms with van der Waals surface area (Å²) in [6.07, 6.45) is 0.309. The monoisotopic (exact) mass is 695 g/mol. The maximum absolute atomic E-state index is 13.3. The number of carbonyl (C=O) groups excluding carboxylic acids is 2. The number of methoxy groups -OCH3 is 1. The van der Waals surface area contributed by atoms with Crippen LogP contribution in [0.1, 0.15) is 6.42 Å². The topological polar surface area (TPSA) is 195 Å². The van der Waals surface area contributed by atoms with E-state index in [4.69, 9.17) is 4.74 Å². The second kappa shape index (κ2) is 15.2. The van der Waals surface area contributed by atoms with Gasteiger partial charge in [0.25, 0.3) is 5.69 Å². The van der Waals surface area contributed by atoms with E-state index >= 15 is 0 Å². The molecule has 4 rings (SSSR count). The zero-order valence-corrected chi connectivity index (χ0v) is 26.5. The summed E-state index contributed by atoms with van der Waals surface area (Å²) in [5, 5.41) is 11.3. The molecule has 1 saturated heterocycles. The van der Waals surface area contributed by atoms with Crippen LogP contribution in [0.15, 0.2) is 72.8 Å². The summed E-state index contributed by atoms with van der Waals surface area (Å²) in [5.41, 5.74) is -0.227. The Morgan fingerprint density at radius 2 is 1.60 bits per heavy atom. The molecule has 47 heavy (non-hydrogen) atoms. The van der Waals surface area contributed by atoms with Crippen LogP contribution < -0.4 is 18.7 Å². The van der Waals surface area contributed by atoms with E-state index in [0.717, 1.165) is 23.9 Å². The third-order valence-corrected chi connectivity index (χ3v) is 8.97. The van der Waals surface area contributed by atoms with Gasteiger partial charge in [-0.05, 0) is 55.4 Å². The molecule has 1 fully saturated rings. The highest BCUT2D eigenvalue weighted by Gasteiger charge is 2.36. The van der Waals surface area contributed by atoms with Crippen molar-refractivity contribution < 1.29 is 48.8 Å². The third-order valence-electron chi connectivity index (χ3n) is 6.83. The first-order chi connectivity index (χ1) is 22.3. The SMILES string of the molecule is COc1ccccc1N(c1cccc([N+](=O)[O-])c1)S(=O)(=O)OC(=O)C(=O)OS(=O)(=O)NCCCN1CCN(c2ccc(F)cc2)CC1. The number of anilines is 3. The lowest BCUT2D eigenvalue weighted by Crippen LogP contribution is -2.47. The van der Waals surface area contributed by atoms with Crippen molar-refractivity contribution >= 4 is 55.3 Å². The number of nitro groups is 1. The van der Waals surface area contributed by atoms with E-state index in [0.29, 0.717) is 43.4 Å². The van der Waals surface area contributed by atoms with Crippen LogP contribution in [0.5, 0.6) is 5.75 Å². The van der Waals surface area contributed by atoms with Crippen LogP contribution in [-0.2, 0) is 38.6 Å². The number of nitrogens with zero attached hydrogens (tertiary/aromatic N) is 4. The lowest BCUT2D eigenvalue weighted by atomic mass is 10.2. The number of nitro benzene ring substituents is 1. The first-order valence-electron chi connectivity index (χ1n) is 13.9. The Labute approximate surface area is 269 Å². The number of halogens is 1. The molecule has 0 radical (unpaired) electrons. The van der Waals surface area contributed by atoms with Crippen molar-refractivity contribution in [3.05, 3.63) is 88.7 Å². The molecule has 1 heterocycles. The average molecular weight is 696 g/mol. The van der Waals surface area contributed by atoms with Gasteiger partial charge in [-0.15, -0.1) is 0 Å².